The Morgan fingerprint density at radius 1 is 0.786 bits per heavy atom. The van der Waals surface area contributed by atoms with Gasteiger partial charge in [0.1, 0.15) is 0 Å². The van der Waals surface area contributed by atoms with Gasteiger partial charge in [-0.3, -0.25) is 4.90 Å². The molecule has 144 valence electrons. The Kier molecular flexibility index (Phi) is 4.70. The van der Waals surface area contributed by atoms with Gasteiger partial charge in [0.05, 0.1) is 0 Å². The van der Waals surface area contributed by atoms with E-state index >= 15 is 0 Å². The monoisotopic (exact) mass is 370 g/mol. The quantitative estimate of drug-likeness (QED) is 0.436. The lowest BCUT2D eigenvalue weighted by Crippen LogP contribution is -2.45. The Morgan fingerprint density at radius 2 is 1.43 bits per heavy atom. The first-order chi connectivity index (χ1) is 13.7. The van der Waals surface area contributed by atoms with E-state index in [0.717, 1.165) is 32.1 Å². The molecule has 0 spiro atoms. The average molecular weight is 371 g/mol. The van der Waals surface area contributed by atoms with Crippen LogP contribution in [0.1, 0.15) is 38.3 Å². The molecular formula is C26H30N2. The van der Waals surface area contributed by atoms with Crippen molar-refractivity contribution in [3.8, 4) is 0 Å². The third kappa shape index (κ3) is 3.05. The molecule has 1 aliphatic heterocycles. The molecule has 0 aliphatic carbocycles. The highest BCUT2D eigenvalue weighted by molar-refractivity contribution is 6.23. The molecule has 2 heteroatoms. The van der Waals surface area contributed by atoms with Gasteiger partial charge >= 0.3 is 0 Å². The zero-order valence-corrected chi connectivity index (χ0v) is 17.0. The second kappa shape index (κ2) is 7.35. The molecule has 5 rings (SSSR count). The van der Waals surface area contributed by atoms with Crippen LogP contribution in [-0.2, 0) is 0 Å². The maximum absolute atomic E-state index is 3.52. The summed E-state index contributed by atoms with van der Waals surface area (Å²) in [6, 6.07) is 21.2. The summed E-state index contributed by atoms with van der Waals surface area (Å²) in [4.78, 5) is 2.71. The molecule has 0 amide bonds. The van der Waals surface area contributed by atoms with Crippen molar-refractivity contribution in [1.82, 2.24) is 10.2 Å². The third-order valence-corrected chi connectivity index (χ3v) is 6.53. The molecular weight excluding hydrogens is 340 g/mol. The molecule has 2 nitrogen and oxygen atoms in total. The van der Waals surface area contributed by atoms with Crippen molar-refractivity contribution in [3.63, 3.8) is 0 Å². The van der Waals surface area contributed by atoms with Crippen molar-refractivity contribution in [2.24, 2.45) is 5.92 Å². The lowest BCUT2D eigenvalue weighted by molar-refractivity contribution is 0.161. The van der Waals surface area contributed by atoms with Crippen molar-refractivity contribution < 1.29 is 0 Å². The van der Waals surface area contributed by atoms with Gasteiger partial charge in [-0.05, 0) is 56.6 Å². The number of rotatable bonds is 5. The van der Waals surface area contributed by atoms with Crippen LogP contribution in [0.5, 0.6) is 0 Å². The van der Waals surface area contributed by atoms with E-state index in [0.29, 0.717) is 6.04 Å². The molecule has 1 N–H and O–H groups in total. The van der Waals surface area contributed by atoms with Crippen LogP contribution in [0.2, 0.25) is 0 Å². The first-order valence-corrected chi connectivity index (χ1v) is 10.8. The fourth-order valence-corrected chi connectivity index (χ4v) is 5.07. The van der Waals surface area contributed by atoms with E-state index in [-0.39, 0.29) is 0 Å². The molecule has 1 aliphatic rings. The molecule has 1 saturated heterocycles. The minimum Gasteiger partial charge on any atom is -0.314 e. The summed E-state index contributed by atoms with van der Waals surface area (Å²) in [5, 5.41) is 11.9. The van der Waals surface area contributed by atoms with Crippen molar-refractivity contribution in [3.05, 3.63) is 60.2 Å². The van der Waals surface area contributed by atoms with Crippen LogP contribution in [0.3, 0.4) is 0 Å². The van der Waals surface area contributed by atoms with Crippen molar-refractivity contribution in [1.29, 1.82) is 0 Å². The highest BCUT2D eigenvalue weighted by Crippen LogP contribution is 2.40. The summed E-state index contributed by atoms with van der Waals surface area (Å²) in [6.07, 6.45) is 2.51. The summed E-state index contributed by atoms with van der Waals surface area (Å²) in [7, 11) is 0. The Bertz CT molecular complexity index is 1080. The van der Waals surface area contributed by atoms with Crippen molar-refractivity contribution >= 4 is 32.3 Å². The van der Waals surface area contributed by atoms with Gasteiger partial charge in [-0.1, -0.05) is 68.4 Å². The topological polar surface area (TPSA) is 15.3 Å². The second-order valence-corrected chi connectivity index (χ2v) is 8.78. The molecule has 0 saturated carbocycles. The normalized spacial score (nSPS) is 17.2. The lowest BCUT2D eigenvalue weighted by Gasteiger charge is -2.36. The summed E-state index contributed by atoms with van der Waals surface area (Å²) in [5.74, 6) is 0.741. The number of benzene rings is 4. The van der Waals surface area contributed by atoms with Crippen LogP contribution in [0.15, 0.2) is 54.6 Å². The highest BCUT2D eigenvalue weighted by atomic mass is 15.2. The van der Waals surface area contributed by atoms with Crippen LogP contribution in [-0.4, -0.2) is 31.1 Å². The Labute approximate surface area is 167 Å². The molecule has 1 fully saturated rings. The summed E-state index contributed by atoms with van der Waals surface area (Å²) >= 11 is 0. The predicted molar refractivity (Wildman–Crippen MR) is 121 cm³/mol. The van der Waals surface area contributed by atoms with E-state index < -0.39 is 0 Å². The van der Waals surface area contributed by atoms with E-state index in [4.69, 9.17) is 0 Å². The van der Waals surface area contributed by atoms with E-state index in [1.165, 1.54) is 50.7 Å². The fraction of sp³-hybridized carbons (Fsp3) is 0.385. The molecule has 1 atom stereocenters. The zero-order valence-electron chi connectivity index (χ0n) is 17.0. The van der Waals surface area contributed by atoms with Gasteiger partial charge in [-0.25, -0.2) is 0 Å². The largest absolute Gasteiger partial charge is 0.314 e. The number of nitrogens with one attached hydrogen (secondary N) is 1. The summed E-state index contributed by atoms with van der Waals surface area (Å²) < 4.78 is 0. The minimum atomic E-state index is 0.508. The SMILES string of the molecule is CC(C)CC[C@H](c1ccc2ccc3cccc4ccc1c2c34)N1CCNCC1. The zero-order chi connectivity index (χ0) is 19.1. The van der Waals surface area contributed by atoms with E-state index in [2.05, 4.69) is 78.7 Å². The Balaban J connectivity index is 1.70. The number of hydrogen-bond donors (Lipinski definition) is 1. The van der Waals surface area contributed by atoms with Crippen LogP contribution < -0.4 is 5.32 Å². The third-order valence-electron chi connectivity index (χ3n) is 6.53. The predicted octanol–water partition coefficient (Wildman–Crippen LogP) is 5.97. The number of piperazine rings is 1. The van der Waals surface area contributed by atoms with Gasteiger partial charge in [0.25, 0.3) is 0 Å². The van der Waals surface area contributed by atoms with Gasteiger partial charge in [0.15, 0.2) is 0 Å². The van der Waals surface area contributed by atoms with Crippen LogP contribution >= 0.6 is 0 Å². The molecule has 1 heterocycles. The average Bonchev–Trinajstić information content (AvgIpc) is 2.73. The van der Waals surface area contributed by atoms with E-state index in [1.807, 2.05) is 0 Å². The standard InChI is InChI=1S/C26H30N2/c1-18(2)6-13-24(28-16-14-27-15-17-28)22-11-9-21-8-7-19-4-3-5-20-10-12-23(22)26(21)25(19)20/h3-5,7-12,18,24,27H,6,13-17H2,1-2H3/t24-/m1/s1. The second-order valence-electron chi connectivity index (χ2n) is 8.78. The summed E-state index contributed by atoms with van der Waals surface area (Å²) in [6.45, 7) is 9.18. The molecule has 0 bridgehead atoms. The van der Waals surface area contributed by atoms with Crippen LogP contribution in [0.25, 0.3) is 32.3 Å². The minimum absolute atomic E-state index is 0.508. The maximum atomic E-state index is 3.52. The van der Waals surface area contributed by atoms with Gasteiger partial charge in [0.2, 0.25) is 0 Å². The van der Waals surface area contributed by atoms with Crippen LogP contribution in [0.4, 0.5) is 0 Å². The van der Waals surface area contributed by atoms with Crippen molar-refractivity contribution in [2.45, 2.75) is 32.7 Å². The Hall–Kier alpha value is -2.16. The smallest absolute Gasteiger partial charge is 0.0355 e. The number of nitrogens with zero attached hydrogens (tertiary/aromatic N) is 1. The first kappa shape index (κ1) is 17.9. The maximum Gasteiger partial charge on any atom is 0.0355 e. The fourth-order valence-electron chi connectivity index (χ4n) is 5.07. The van der Waals surface area contributed by atoms with Gasteiger partial charge in [-0.15, -0.1) is 0 Å². The van der Waals surface area contributed by atoms with Crippen LogP contribution in [0, 0.1) is 5.92 Å². The highest BCUT2D eigenvalue weighted by Gasteiger charge is 2.24. The van der Waals surface area contributed by atoms with Gasteiger partial charge < -0.3 is 5.32 Å². The van der Waals surface area contributed by atoms with E-state index in [9.17, 15) is 0 Å². The van der Waals surface area contributed by atoms with Crippen molar-refractivity contribution in [2.75, 3.05) is 26.2 Å². The summed E-state index contributed by atoms with van der Waals surface area (Å²) in [5.41, 5.74) is 1.52. The first-order valence-electron chi connectivity index (χ1n) is 10.8. The molecule has 28 heavy (non-hydrogen) atoms. The van der Waals surface area contributed by atoms with Gasteiger partial charge in [0, 0.05) is 32.2 Å². The Morgan fingerprint density at radius 3 is 2.14 bits per heavy atom. The molecule has 0 unspecified atom stereocenters. The molecule has 4 aromatic rings. The molecule has 4 aromatic carbocycles. The lowest BCUT2D eigenvalue weighted by atomic mass is 9.87. The molecule has 0 radical (unpaired) electrons. The number of hydrogen-bond acceptors (Lipinski definition) is 2. The van der Waals surface area contributed by atoms with E-state index in [1.54, 1.807) is 0 Å². The van der Waals surface area contributed by atoms with Gasteiger partial charge in [-0.2, -0.15) is 0 Å². The molecule has 0 aromatic heterocycles.